The molecule has 92 valence electrons. The third-order valence-electron chi connectivity index (χ3n) is 4.71. The number of benzene rings is 1. The van der Waals surface area contributed by atoms with E-state index in [1.807, 2.05) is 6.07 Å². The van der Waals surface area contributed by atoms with E-state index in [4.69, 9.17) is 4.84 Å². The summed E-state index contributed by atoms with van der Waals surface area (Å²) in [4.78, 5) is 5.65. The van der Waals surface area contributed by atoms with Gasteiger partial charge in [-0.05, 0) is 42.7 Å². The van der Waals surface area contributed by atoms with Gasteiger partial charge in [0.25, 0.3) is 0 Å². The van der Waals surface area contributed by atoms with Gasteiger partial charge in [0, 0.05) is 5.92 Å². The third kappa shape index (κ3) is 1.52. The molecule has 0 saturated heterocycles. The van der Waals surface area contributed by atoms with Gasteiger partial charge in [0.2, 0.25) is 0 Å². The van der Waals surface area contributed by atoms with Gasteiger partial charge in [0.1, 0.15) is 6.10 Å². The minimum atomic E-state index is 0.388. The normalized spacial score (nSPS) is 36.8. The van der Waals surface area contributed by atoms with Crippen LogP contribution in [0.3, 0.4) is 0 Å². The Hall–Kier alpha value is -1.57. The van der Waals surface area contributed by atoms with E-state index in [9.17, 15) is 0 Å². The Morgan fingerprint density at radius 1 is 1.06 bits per heavy atom. The maximum Gasteiger partial charge on any atom is 0.139 e. The molecule has 0 aromatic heterocycles. The van der Waals surface area contributed by atoms with E-state index < -0.39 is 0 Å². The molecule has 0 radical (unpaired) electrons. The molecule has 4 atom stereocenters. The lowest BCUT2D eigenvalue weighted by molar-refractivity contribution is 0.0275. The highest BCUT2D eigenvalue weighted by molar-refractivity contribution is 6.01. The van der Waals surface area contributed by atoms with Crippen LogP contribution in [0.2, 0.25) is 0 Å². The van der Waals surface area contributed by atoms with Gasteiger partial charge in [0.15, 0.2) is 0 Å². The first-order chi connectivity index (χ1) is 8.92. The number of hydrogen-bond acceptors (Lipinski definition) is 2. The molecule has 4 rings (SSSR count). The Bertz CT molecular complexity index is 505. The first-order valence-corrected chi connectivity index (χ1v) is 6.88. The van der Waals surface area contributed by atoms with Crippen molar-refractivity contribution in [3.05, 3.63) is 42.0 Å². The summed E-state index contributed by atoms with van der Waals surface area (Å²) in [5, 5.41) is 4.31. The molecule has 2 aliphatic carbocycles. The smallest absolute Gasteiger partial charge is 0.139 e. The first kappa shape index (κ1) is 10.4. The third-order valence-corrected chi connectivity index (χ3v) is 4.71. The second kappa shape index (κ2) is 3.98. The molecule has 2 nitrogen and oxygen atoms in total. The van der Waals surface area contributed by atoms with Crippen molar-refractivity contribution in [1.29, 1.82) is 0 Å². The molecule has 1 aromatic carbocycles. The Labute approximate surface area is 107 Å². The van der Waals surface area contributed by atoms with Gasteiger partial charge in [-0.1, -0.05) is 41.6 Å². The average molecular weight is 239 g/mol. The van der Waals surface area contributed by atoms with E-state index >= 15 is 0 Å². The Morgan fingerprint density at radius 3 is 2.78 bits per heavy atom. The lowest BCUT2D eigenvalue weighted by Gasteiger charge is -2.22. The fourth-order valence-electron chi connectivity index (χ4n) is 3.87. The van der Waals surface area contributed by atoms with Gasteiger partial charge in [-0.3, -0.25) is 0 Å². The molecule has 2 fully saturated rings. The number of hydrogen-bond donors (Lipinski definition) is 0. The van der Waals surface area contributed by atoms with E-state index in [2.05, 4.69) is 41.6 Å². The van der Waals surface area contributed by atoms with E-state index in [-0.39, 0.29) is 0 Å². The number of allylic oxidation sites excluding steroid dienone is 1. The molecular weight excluding hydrogens is 222 g/mol. The van der Waals surface area contributed by atoms with E-state index in [0.29, 0.717) is 12.0 Å². The Morgan fingerprint density at radius 2 is 1.89 bits per heavy atom. The second-order valence-electron chi connectivity index (χ2n) is 5.69. The fourth-order valence-corrected chi connectivity index (χ4v) is 3.87. The average Bonchev–Trinajstić information content (AvgIpc) is 3.11. The molecule has 18 heavy (non-hydrogen) atoms. The van der Waals surface area contributed by atoms with Gasteiger partial charge < -0.3 is 4.84 Å². The van der Waals surface area contributed by atoms with E-state index in [1.165, 1.54) is 24.8 Å². The van der Waals surface area contributed by atoms with Crippen LogP contribution in [0.4, 0.5) is 0 Å². The predicted molar refractivity (Wildman–Crippen MR) is 72.1 cm³/mol. The highest BCUT2D eigenvalue weighted by Crippen LogP contribution is 2.52. The van der Waals surface area contributed by atoms with Crippen LogP contribution in [0.15, 0.2) is 41.6 Å². The minimum absolute atomic E-state index is 0.388. The summed E-state index contributed by atoms with van der Waals surface area (Å²) in [5.74, 6) is 2.16. The summed E-state index contributed by atoms with van der Waals surface area (Å²) >= 11 is 0. The topological polar surface area (TPSA) is 21.6 Å². The van der Waals surface area contributed by atoms with Gasteiger partial charge >= 0.3 is 0 Å². The fraction of sp³-hybridized carbons (Fsp3) is 0.438. The second-order valence-corrected chi connectivity index (χ2v) is 5.69. The molecule has 1 aromatic rings. The van der Waals surface area contributed by atoms with Crippen molar-refractivity contribution in [3.8, 4) is 0 Å². The minimum Gasteiger partial charge on any atom is -0.391 e. The molecule has 2 saturated carbocycles. The summed E-state index contributed by atoms with van der Waals surface area (Å²) in [6.45, 7) is 0. The summed E-state index contributed by atoms with van der Waals surface area (Å²) in [5.41, 5.74) is 2.39. The molecule has 3 aliphatic rings. The van der Waals surface area contributed by atoms with E-state index in [0.717, 1.165) is 17.5 Å². The van der Waals surface area contributed by atoms with Crippen LogP contribution < -0.4 is 0 Å². The molecule has 1 aliphatic heterocycles. The monoisotopic (exact) mass is 239 g/mol. The molecule has 0 spiro atoms. The molecule has 0 N–H and O–H groups in total. The Balaban J connectivity index is 1.55. The van der Waals surface area contributed by atoms with Gasteiger partial charge in [0.05, 0.1) is 5.71 Å². The van der Waals surface area contributed by atoms with Crippen LogP contribution in [-0.2, 0) is 4.84 Å². The van der Waals surface area contributed by atoms with Crippen molar-refractivity contribution < 1.29 is 4.84 Å². The van der Waals surface area contributed by atoms with Crippen molar-refractivity contribution in [1.82, 2.24) is 0 Å². The largest absolute Gasteiger partial charge is 0.391 e. The molecule has 0 amide bonds. The molecule has 2 bridgehead atoms. The van der Waals surface area contributed by atoms with Crippen LogP contribution in [0.25, 0.3) is 6.08 Å². The van der Waals surface area contributed by atoms with Crippen molar-refractivity contribution in [2.24, 2.45) is 22.9 Å². The highest BCUT2D eigenvalue weighted by atomic mass is 16.6. The van der Waals surface area contributed by atoms with Gasteiger partial charge in [-0.15, -0.1) is 0 Å². The zero-order valence-electron chi connectivity index (χ0n) is 10.3. The Kier molecular flexibility index (Phi) is 2.29. The summed E-state index contributed by atoms with van der Waals surface area (Å²) in [6.07, 6.45) is 8.76. The maximum atomic E-state index is 5.65. The van der Waals surface area contributed by atoms with Crippen LogP contribution in [0.1, 0.15) is 24.8 Å². The van der Waals surface area contributed by atoms with Crippen molar-refractivity contribution in [3.63, 3.8) is 0 Å². The molecule has 0 unspecified atom stereocenters. The summed E-state index contributed by atoms with van der Waals surface area (Å²) in [6, 6.07) is 10.4. The number of oxime groups is 1. The van der Waals surface area contributed by atoms with Gasteiger partial charge in [-0.25, -0.2) is 0 Å². The van der Waals surface area contributed by atoms with Crippen molar-refractivity contribution in [2.45, 2.75) is 25.4 Å². The van der Waals surface area contributed by atoms with Crippen LogP contribution in [-0.4, -0.2) is 11.8 Å². The summed E-state index contributed by atoms with van der Waals surface area (Å²) in [7, 11) is 0. The lowest BCUT2D eigenvalue weighted by atomic mass is 9.83. The standard InChI is InChI=1S/C16H17NO/c1-2-4-11(5-3-1)6-9-14-15-12-7-8-13(10-12)16(15)18-17-14/h1-6,9,12-13,15-16H,7-8,10H2/b9-6+/t12-,13+,15+,16+/m0/s1. The number of rotatable bonds is 2. The van der Waals surface area contributed by atoms with Crippen molar-refractivity contribution >= 4 is 11.8 Å². The molecule has 1 heterocycles. The lowest BCUT2D eigenvalue weighted by Crippen LogP contribution is -2.28. The van der Waals surface area contributed by atoms with Gasteiger partial charge in [-0.2, -0.15) is 0 Å². The number of nitrogens with zero attached hydrogens (tertiary/aromatic N) is 1. The zero-order valence-corrected chi connectivity index (χ0v) is 10.3. The highest BCUT2D eigenvalue weighted by Gasteiger charge is 2.53. The van der Waals surface area contributed by atoms with Crippen LogP contribution >= 0.6 is 0 Å². The SMILES string of the molecule is C(=C\c1ccccc1)/C1=NO[C@@H]2[C@@H]3CC[C@@H](C3)[C@H]12. The van der Waals surface area contributed by atoms with Crippen LogP contribution in [0, 0.1) is 17.8 Å². The predicted octanol–water partition coefficient (Wildman–Crippen LogP) is 3.50. The first-order valence-electron chi connectivity index (χ1n) is 6.88. The quantitative estimate of drug-likeness (QED) is 0.774. The van der Waals surface area contributed by atoms with Crippen molar-refractivity contribution in [2.75, 3.05) is 0 Å². The maximum absolute atomic E-state index is 5.65. The molecule has 2 heteroatoms. The van der Waals surface area contributed by atoms with E-state index in [1.54, 1.807) is 0 Å². The van der Waals surface area contributed by atoms with Crippen LogP contribution in [0.5, 0.6) is 0 Å². The zero-order chi connectivity index (χ0) is 11.9. The molecular formula is C16H17NO. The number of fused-ring (bicyclic) bond motifs is 5. The summed E-state index contributed by atoms with van der Waals surface area (Å²) < 4.78 is 0.